The molecule has 0 spiro atoms. The van der Waals surface area contributed by atoms with Crippen molar-refractivity contribution in [2.75, 3.05) is 0 Å². The zero-order chi connectivity index (χ0) is 38.4. The molecule has 0 aromatic rings. The van der Waals surface area contributed by atoms with Crippen LogP contribution in [0.5, 0.6) is 0 Å². The minimum Gasteiger partial charge on any atom is -0.286 e. The van der Waals surface area contributed by atoms with Gasteiger partial charge < -0.3 is 0 Å². The Balaban J connectivity index is 7.54. The van der Waals surface area contributed by atoms with Gasteiger partial charge in [0.25, 0.3) is 10.0 Å². The summed E-state index contributed by atoms with van der Waals surface area (Å²) in [6.07, 6.45) is -24.0. The molecular weight excluding hydrogens is 798 g/mol. The number of hydrogen-bond acceptors (Lipinski definition) is 3. The molecule has 0 amide bonds. The molecule has 4 nitrogen and oxygen atoms in total. The molecule has 0 bridgehead atoms. The molecule has 34 heteroatoms. The average Bonchev–Trinajstić information content (AvgIpc) is 2.74. The molecule has 0 aliphatic carbocycles. The number of sulfonamides is 1. The summed E-state index contributed by atoms with van der Waals surface area (Å²) in [6.45, 7) is 0. The van der Waals surface area contributed by atoms with Gasteiger partial charge in [0.05, 0.1) is 0 Å². The first-order valence-corrected chi connectivity index (χ1v) is 12.5. The maximum atomic E-state index is 14.3. The molecule has 0 rings (SSSR count). The van der Waals surface area contributed by atoms with Crippen LogP contribution in [0.15, 0.2) is 0 Å². The van der Waals surface area contributed by atoms with Crippen molar-refractivity contribution >= 4 is 18.8 Å². The summed E-state index contributed by atoms with van der Waals surface area (Å²) in [7, 11) is -20.0. The second kappa shape index (κ2) is 10.8. The summed E-state index contributed by atoms with van der Waals surface area (Å²) >= 11 is 0. The van der Waals surface area contributed by atoms with Crippen LogP contribution < -0.4 is 4.39 Å². The van der Waals surface area contributed by atoms with E-state index in [0.717, 1.165) is 0 Å². The standard InChI is InChI=1S/C12HF28NO3SSi/c13-1(14,3(17,18)5(21,22)8(27,28)29)2(15,16)4(19,20)6(23,24)10(33,34)45(42,43)41-46(40,44-12(37,38)39)11(35,36)7(25,26)9(30,31)32/h41H. The Bertz CT molecular complexity index is 1230. The molecule has 1 unspecified atom stereocenters. The summed E-state index contributed by atoms with van der Waals surface area (Å²) in [5.74, 6) is -64.6. The van der Waals surface area contributed by atoms with E-state index in [1.165, 1.54) is 4.43 Å². The van der Waals surface area contributed by atoms with Gasteiger partial charge in [0.1, 0.15) is 0 Å². The van der Waals surface area contributed by atoms with Gasteiger partial charge in [-0.05, 0) is 0 Å². The summed E-state index contributed by atoms with van der Waals surface area (Å²) in [4.78, 5) is 0. The van der Waals surface area contributed by atoms with E-state index in [1.54, 1.807) is 0 Å². The first kappa shape index (κ1) is 44.1. The van der Waals surface area contributed by atoms with Crippen LogP contribution in [-0.2, 0) is 14.4 Å². The number of hydrogen-bond donors (Lipinski definition) is 1. The highest BCUT2D eigenvalue weighted by Crippen LogP contribution is 2.64. The molecule has 46 heavy (non-hydrogen) atoms. The molecule has 0 radical (unpaired) electrons. The van der Waals surface area contributed by atoms with E-state index in [1.807, 2.05) is 0 Å². The Morgan fingerprint density at radius 3 is 0.935 bits per heavy atom. The monoisotopic (exact) mass is 799 g/mol. The van der Waals surface area contributed by atoms with E-state index in [9.17, 15) is 131 Å². The second-order valence-electron chi connectivity index (χ2n) is 7.86. The van der Waals surface area contributed by atoms with E-state index in [4.69, 9.17) is 0 Å². The van der Waals surface area contributed by atoms with Crippen molar-refractivity contribution in [3.05, 3.63) is 0 Å². The minimum atomic E-state index is -10.4. The first-order chi connectivity index (χ1) is 19.2. The lowest BCUT2D eigenvalue weighted by Gasteiger charge is -2.42. The Hall–Kier alpha value is -1.87. The van der Waals surface area contributed by atoms with Gasteiger partial charge >= 0.3 is 79.8 Å². The minimum absolute atomic E-state index is 1.27. The van der Waals surface area contributed by atoms with Crippen LogP contribution in [-0.4, -0.2) is 88.2 Å². The van der Waals surface area contributed by atoms with Crippen LogP contribution >= 0.6 is 0 Å². The fourth-order valence-corrected chi connectivity index (χ4v) is 6.28. The number of alkyl halides is 27. The Kier molecular flexibility index (Phi) is 10.4. The van der Waals surface area contributed by atoms with Gasteiger partial charge in [-0.25, -0.2) is 12.5 Å². The molecule has 0 aliphatic rings. The van der Waals surface area contributed by atoms with Gasteiger partial charge in [-0.2, -0.15) is 110 Å². The molecule has 1 N–H and O–H groups in total. The average molecular weight is 799 g/mol. The molecule has 0 saturated heterocycles. The Morgan fingerprint density at radius 1 is 0.413 bits per heavy atom. The highest BCUT2D eigenvalue weighted by molar-refractivity contribution is 7.92. The Morgan fingerprint density at radius 2 is 0.674 bits per heavy atom. The van der Waals surface area contributed by atoms with Crippen molar-refractivity contribution in [3.63, 3.8) is 0 Å². The highest BCUT2D eigenvalue weighted by atomic mass is 32.2. The summed E-state index contributed by atoms with van der Waals surface area (Å²) in [6, 6.07) is 0. The van der Waals surface area contributed by atoms with Gasteiger partial charge in [0, 0.05) is 0 Å². The lowest BCUT2D eigenvalue weighted by molar-refractivity contribution is -0.458. The zero-order valence-electron chi connectivity index (χ0n) is 19.2. The quantitative estimate of drug-likeness (QED) is 0.125. The van der Waals surface area contributed by atoms with E-state index >= 15 is 0 Å². The molecule has 0 heterocycles. The van der Waals surface area contributed by atoms with Crippen molar-refractivity contribution in [1.29, 1.82) is 0 Å². The van der Waals surface area contributed by atoms with E-state index in [2.05, 4.69) is 0 Å². The van der Waals surface area contributed by atoms with E-state index in [-0.39, 0.29) is 0 Å². The second-order valence-corrected chi connectivity index (χ2v) is 12.2. The molecule has 0 aliphatic heterocycles. The predicted molar refractivity (Wildman–Crippen MR) is 82.7 cm³/mol. The van der Waals surface area contributed by atoms with Crippen molar-refractivity contribution < 1.29 is 135 Å². The van der Waals surface area contributed by atoms with Crippen LogP contribution in [0.1, 0.15) is 0 Å². The largest absolute Gasteiger partial charge is 0.564 e. The Labute approximate surface area is 231 Å². The molecule has 1 atom stereocenters. The van der Waals surface area contributed by atoms with Crippen LogP contribution in [0.25, 0.3) is 0 Å². The number of rotatable bonds is 12. The lowest BCUT2D eigenvalue weighted by Crippen LogP contribution is -2.78. The molecule has 0 aromatic carbocycles. The van der Waals surface area contributed by atoms with Crippen molar-refractivity contribution in [1.82, 2.24) is 4.39 Å². The smallest absolute Gasteiger partial charge is 0.286 e. The van der Waals surface area contributed by atoms with Crippen molar-refractivity contribution in [3.8, 4) is 0 Å². The third-order valence-corrected chi connectivity index (χ3v) is 9.40. The van der Waals surface area contributed by atoms with Gasteiger partial charge in [-0.15, -0.1) is 13.2 Å². The fraction of sp³-hybridized carbons (Fsp3) is 1.00. The maximum Gasteiger partial charge on any atom is 0.564 e. The van der Waals surface area contributed by atoms with Crippen molar-refractivity contribution in [2.45, 2.75) is 71.0 Å². The van der Waals surface area contributed by atoms with E-state index < -0.39 is 94.2 Å². The van der Waals surface area contributed by atoms with Gasteiger partial charge in [-0.3, -0.25) is 4.43 Å². The van der Waals surface area contributed by atoms with Crippen LogP contribution in [0.4, 0.5) is 123 Å². The zero-order valence-corrected chi connectivity index (χ0v) is 21.0. The predicted octanol–water partition coefficient (Wildman–Crippen LogP) is 7.69. The summed E-state index contributed by atoms with van der Waals surface area (Å²) in [5, 5.41) is -9.16. The lowest BCUT2D eigenvalue weighted by atomic mass is 9.91. The van der Waals surface area contributed by atoms with Crippen LogP contribution in [0.3, 0.4) is 0 Å². The van der Waals surface area contributed by atoms with Crippen molar-refractivity contribution in [2.24, 2.45) is 0 Å². The van der Waals surface area contributed by atoms with Crippen LogP contribution in [0, 0.1) is 0 Å². The maximum absolute atomic E-state index is 14.3. The topological polar surface area (TPSA) is 55.4 Å². The third kappa shape index (κ3) is 5.98. The molecule has 0 saturated carbocycles. The molecular formula is C12HF28NO3SSi. The molecule has 0 aromatic heterocycles. The highest BCUT2D eigenvalue weighted by Gasteiger charge is 2.97. The summed E-state index contributed by atoms with van der Waals surface area (Å²) < 4.78 is 387. The summed E-state index contributed by atoms with van der Waals surface area (Å²) in [5.41, 5.74) is -8.63. The number of halogens is 28. The van der Waals surface area contributed by atoms with Gasteiger partial charge in [-0.1, -0.05) is 0 Å². The first-order valence-electron chi connectivity index (χ1n) is 9.19. The van der Waals surface area contributed by atoms with Gasteiger partial charge in [0.2, 0.25) is 0 Å². The molecule has 0 fully saturated rings. The number of nitrogens with one attached hydrogen (secondary N) is 1. The fourth-order valence-electron chi connectivity index (χ4n) is 2.24. The molecule has 278 valence electrons. The SMILES string of the molecule is O=S(=O)(N[Si](F)(OC(F)(F)F)C(F)(F)C(F)(F)C(F)(F)F)C(F)(F)C(F)(F)C(F)(F)C(F)(F)C(F)(F)C(F)(F)C(F)(F)C(F)(F)F. The third-order valence-electron chi connectivity index (χ3n) is 4.71. The van der Waals surface area contributed by atoms with E-state index in [0.29, 0.717) is 0 Å². The normalized spacial score (nSPS) is 18.1. The van der Waals surface area contributed by atoms with Gasteiger partial charge in [0.15, 0.2) is 0 Å². The van der Waals surface area contributed by atoms with Crippen LogP contribution in [0.2, 0.25) is 0 Å².